The fourth-order valence-corrected chi connectivity index (χ4v) is 2.88. The molecular weight excluding hydrogens is 292 g/mol. The summed E-state index contributed by atoms with van der Waals surface area (Å²) in [5.41, 5.74) is 1.71. The largest absolute Gasteiger partial charge is 0.372 e. The van der Waals surface area contributed by atoms with Crippen LogP contribution in [0.5, 0.6) is 0 Å². The second-order valence-electron chi connectivity index (χ2n) is 5.98. The minimum Gasteiger partial charge on any atom is -0.372 e. The normalized spacial score (nSPS) is 21.4. The highest BCUT2D eigenvalue weighted by molar-refractivity contribution is 5.77. The van der Waals surface area contributed by atoms with Crippen molar-refractivity contribution in [3.8, 4) is 0 Å². The molecule has 23 heavy (non-hydrogen) atoms. The lowest BCUT2D eigenvalue weighted by molar-refractivity contribution is -0.142. The molecular formula is C17H22N4O2. The predicted octanol–water partition coefficient (Wildman–Crippen LogP) is 2.07. The van der Waals surface area contributed by atoms with Crippen LogP contribution in [-0.4, -0.2) is 52.6 Å². The van der Waals surface area contributed by atoms with Gasteiger partial charge in [-0.25, -0.2) is 4.98 Å². The number of nitrogens with one attached hydrogen (secondary N) is 1. The van der Waals surface area contributed by atoms with E-state index in [1.54, 1.807) is 6.20 Å². The standard InChI is InChI=1S/C17H22N4O2/c1-12-10-21(11-13(2)23-12)17(22)7-8-18-16-9-19-14-5-3-4-6-15(14)20-16/h3-6,9,12-13H,7-8,10-11H2,1-2H3,(H,18,20)/t12-,13-/m1/s1. The number of morpholine rings is 1. The van der Waals surface area contributed by atoms with Crippen molar-refractivity contribution in [2.75, 3.05) is 25.0 Å². The maximum Gasteiger partial charge on any atom is 0.224 e. The van der Waals surface area contributed by atoms with Gasteiger partial charge in [-0.3, -0.25) is 9.78 Å². The molecule has 0 bridgehead atoms. The van der Waals surface area contributed by atoms with E-state index in [9.17, 15) is 4.79 Å². The van der Waals surface area contributed by atoms with Gasteiger partial charge in [0.1, 0.15) is 5.82 Å². The van der Waals surface area contributed by atoms with Crippen LogP contribution in [0.2, 0.25) is 0 Å². The molecule has 2 heterocycles. The lowest BCUT2D eigenvalue weighted by Crippen LogP contribution is -2.48. The van der Waals surface area contributed by atoms with Gasteiger partial charge in [-0.05, 0) is 26.0 Å². The van der Waals surface area contributed by atoms with Crippen molar-refractivity contribution >= 4 is 22.8 Å². The molecule has 0 radical (unpaired) electrons. The van der Waals surface area contributed by atoms with Gasteiger partial charge in [-0.2, -0.15) is 0 Å². The Balaban J connectivity index is 1.52. The van der Waals surface area contributed by atoms with Crippen molar-refractivity contribution in [2.24, 2.45) is 0 Å². The number of carbonyl (C=O) groups excluding carboxylic acids is 1. The molecule has 1 aliphatic rings. The SMILES string of the molecule is C[C@@H]1CN(C(=O)CCNc2cnc3ccccc3n2)C[C@@H](C)O1. The molecule has 1 amide bonds. The number of ether oxygens (including phenoxy) is 1. The monoisotopic (exact) mass is 314 g/mol. The number of anilines is 1. The molecule has 0 spiro atoms. The Morgan fingerprint density at radius 1 is 1.26 bits per heavy atom. The summed E-state index contributed by atoms with van der Waals surface area (Å²) in [6.45, 7) is 5.88. The van der Waals surface area contributed by atoms with E-state index in [2.05, 4.69) is 15.3 Å². The Morgan fingerprint density at radius 3 is 2.70 bits per heavy atom. The Labute approximate surface area is 135 Å². The average Bonchev–Trinajstić information content (AvgIpc) is 2.53. The van der Waals surface area contributed by atoms with Crippen LogP contribution >= 0.6 is 0 Å². The highest BCUT2D eigenvalue weighted by Gasteiger charge is 2.25. The number of aromatic nitrogens is 2. The minimum atomic E-state index is 0.0991. The molecule has 6 nitrogen and oxygen atoms in total. The Bertz CT molecular complexity index is 681. The third-order valence-electron chi connectivity index (χ3n) is 3.87. The summed E-state index contributed by atoms with van der Waals surface area (Å²) in [5.74, 6) is 0.841. The topological polar surface area (TPSA) is 67.4 Å². The van der Waals surface area contributed by atoms with Crippen molar-refractivity contribution < 1.29 is 9.53 Å². The summed E-state index contributed by atoms with van der Waals surface area (Å²) in [7, 11) is 0. The van der Waals surface area contributed by atoms with Crippen molar-refractivity contribution in [3.05, 3.63) is 30.5 Å². The fraction of sp³-hybridized carbons (Fsp3) is 0.471. The summed E-state index contributed by atoms with van der Waals surface area (Å²) in [6, 6.07) is 7.73. The van der Waals surface area contributed by atoms with Gasteiger partial charge in [0, 0.05) is 26.1 Å². The van der Waals surface area contributed by atoms with E-state index in [0.29, 0.717) is 31.9 Å². The van der Waals surface area contributed by atoms with Crippen LogP contribution in [0.25, 0.3) is 11.0 Å². The first-order valence-electron chi connectivity index (χ1n) is 8.00. The van der Waals surface area contributed by atoms with Crippen LogP contribution < -0.4 is 5.32 Å². The summed E-state index contributed by atoms with van der Waals surface area (Å²) in [5, 5.41) is 3.18. The van der Waals surface area contributed by atoms with E-state index in [-0.39, 0.29) is 18.1 Å². The lowest BCUT2D eigenvalue weighted by Gasteiger charge is -2.35. The van der Waals surface area contributed by atoms with Crippen LogP contribution in [0.15, 0.2) is 30.5 Å². The maximum atomic E-state index is 12.3. The molecule has 0 aliphatic carbocycles. The van der Waals surface area contributed by atoms with Crippen molar-refractivity contribution in [1.29, 1.82) is 0 Å². The quantitative estimate of drug-likeness (QED) is 0.936. The second-order valence-corrected chi connectivity index (χ2v) is 5.98. The third kappa shape index (κ3) is 3.96. The van der Waals surface area contributed by atoms with E-state index in [1.807, 2.05) is 43.0 Å². The van der Waals surface area contributed by atoms with Gasteiger partial charge in [-0.1, -0.05) is 12.1 Å². The molecule has 3 rings (SSSR count). The number of rotatable bonds is 4. The number of hydrogen-bond acceptors (Lipinski definition) is 5. The first kappa shape index (κ1) is 15.7. The first-order chi connectivity index (χ1) is 11.1. The van der Waals surface area contributed by atoms with Crippen LogP contribution in [0, 0.1) is 0 Å². The number of benzene rings is 1. The highest BCUT2D eigenvalue weighted by atomic mass is 16.5. The first-order valence-corrected chi connectivity index (χ1v) is 8.00. The Kier molecular flexibility index (Phi) is 4.71. The van der Waals surface area contributed by atoms with Crippen molar-refractivity contribution in [3.63, 3.8) is 0 Å². The van der Waals surface area contributed by atoms with E-state index in [0.717, 1.165) is 11.0 Å². The molecule has 2 aromatic rings. The van der Waals surface area contributed by atoms with Gasteiger partial charge >= 0.3 is 0 Å². The smallest absolute Gasteiger partial charge is 0.224 e. The van der Waals surface area contributed by atoms with Crippen molar-refractivity contribution in [2.45, 2.75) is 32.5 Å². The third-order valence-corrected chi connectivity index (χ3v) is 3.87. The predicted molar refractivity (Wildman–Crippen MR) is 89.2 cm³/mol. The van der Waals surface area contributed by atoms with Crippen LogP contribution in [0.3, 0.4) is 0 Å². The van der Waals surface area contributed by atoms with Crippen LogP contribution in [0.1, 0.15) is 20.3 Å². The molecule has 1 aliphatic heterocycles. The molecule has 1 saturated heterocycles. The zero-order chi connectivity index (χ0) is 16.2. The molecule has 1 aromatic heterocycles. The van der Waals surface area contributed by atoms with E-state index in [4.69, 9.17) is 4.74 Å². The molecule has 2 atom stereocenters. The number of fused-ring (bicyclic) bond motifs is 1. The molecule has 0 saturated carbocycles. The van der Waals surface area contributed by atoms with E-state index < -0.39 is 0 Å². The van der Waals surface area contributed by atoms with Gasteiger partial charge in [0.15, 0.2) is 0 Å². The molecule has 0 unspecified atom stereocenters. The van der Waals surface area contributed by atoms with Crippen molar-refractivity contribution in [1.82, 2.24) is 14.9 Å². The molecule has 1 aromatic carbocycles. The number of nitrogens with zero attached hydrogens (tertiary/aromatic N) is 3. The molecule has 122 valence electrons. The highest BCUT2D eigenvalue weighted by Crippen LogP contribution is 2.13. The fourth-order valence-electron chi connectivity index (χ4n) is 2.88. The lowest BCUT2D eigenvalue weighted by atomic mass is 10.2. The van der Waals surface area contributed by atoms with Gasteiger partial charge in [0.25, 0.3) is 0 Å². The molecule has 1 fully saturated rings. The van der Waals surface area contributed by atoms with Gasteiger partial charge in [0.2, 0.25) is 5.91 Å². The minimum absolute atomic E-state index is 0.0991. The Morgan fingerprint density at radius 2 is 1.96 bits per heavy atom. The number of carbonyl (C=O) groups is 1. The molecule has 6 heteroatoms. The van der Waals surface area contributed by atoms with E-state index in [1.165, 1.54) is 0 Å². The van der Waals surface area contributed by atoms with Gasteiger partial charge in [-0.15, -0.1) is 0 Å². The Hall–Kier alpha value is -2.21. The number of amides is 1. The zero-order valence-corrected chi connectivity index (χ0v) is 13.5. The van der Waals surface area contributed by atoms with Crippen LogP contribution in [0.4, 0.5) is 5.82 Å². The summed E-state index contributed by atoms with van der Waals surface area (Å²) >= 11 is 0. The van der Waals surface area contributed by atoms with E-state index >= 15 is 0 Å². The average molecular weight is 314 g/mol. The summed E-state index contributed by atoms with van der Waals surface area (Å²) in [6.07, 6.45) is 2.34. The maximum absolute atomic E-state index is 12.3. The van der Waals surface area contributed by atoms with Gasteiger partial charge in [0.05, 0.1) is 29.4 Å². The summed E-state index contributed by atoms with van der Waals surface area (Å²) in [4.78, 5) is 23.0. The van der Waals surface area contributed by atoms with Gasteiger partial charge < -0.3 is 15.0 Å². The zero-order valence-electron chi connectivity index (χ0n) is 13.5. The number of para-hydroxylation sites is 2. The summed E-state index contributed by atoms with van der Waals surface area (Å²) < 4.78 is 5.65. The number of hydrogen-bond donors (Lipinski definition) is 1. The second kappa shape index (κ2) is 6.91. The van der Waals surface area contributed by atoms with Crippen LogP contribution in [-0.2, 0) is 9.53 Å². The molecule has 1 N–H and O–H groups in total.